The first-order chi connectivity index (χ1) is 13.4. The first-order valence-corrected chi connectivity index (χ1v) is 9.57. The number of benzene rings is 2. The zero-order valence-electron chi connectivity index (χ0n) is 15.8. The van der Waals surface area contributed by atoms with Crippen molar-refractivity contribution in [3.63, 3.8) is 0 Å². The van der Waals surface area contributed by atoms with E-state index in [1.165, 1.54) is 0 Å². The predicted octanol–water partition coefficient (Wildman–Crippen LogP) is 3.70. The third kappa shape index (κ3) is 3.60. The average Bonchev–Trinajstić information content (AvgIpc) is 2.94. The van der Waals surface area contributed by atoms with E-state index >= 15 is 0 Å². The maximum Gasteiger partial charge on any atom is 0.325 e. The molecule has 6 nitrogen and oxygen atoms in total. The molecule has 0 aromatic heterocycles. The summed E-state index contributed by atoms with van der Waals surface area (Å²) >= 11 is 5.94. The van der Waals surface area contributed by atoms with Gasteiger partial charge in [-0.1, -0.05) is 55.8 Å². The summed E-state index contributed by atoms with van der Waals surface area (Å²) in [4.78, 5) is 39.1. The second kappa shape index (κ2) is 8.02. The number of aryl methyl sites for hydroxylation is 1. The molecule has 1 fully saturated rings. The molecule has 0 aliphatic carbocycles. The van der Waals surface area contributed by atoms with Crippen molar-refractivity contribution in [2.75, 3.05) is 11.9 Å². The number of amides is 4. The van der Waals surface area contributed by atoms with E-state index in [1.54, 1.807) is 30.3 Å². The monoisotopic (exact) mass is 399 g/mol. The number of nitrogens with zero attached hydrogens (tertiary/aromatic N) is 1. The van der Waals surface area contributed by atoms with Crippen LogP contribution in [0.1, 0.15) is 31.4 Å². The SMILES string of the molecule is CCc1ccccc1NC(=O)CN1C(=O)NC(CC)(c2ccc(Cl)cc2)C1=O. The number of rotatable bonds is 6. The highest BCUT2D eigenvalue weighted by molar-refractivity contribution is 6.30. The number of para-hydroxylation sites is 1. The summed E-state index contributed by atoms with van der Waals surface area (Å²) < 4.78 is 0. The maximum absolute atomic E-state index is 13.1. The summed E-state index contributed by atoms with van der Waals surface area (Å²) in [5.41, 5.74) is 1.11. The Labute approximate surface area is 168 Å². The fourth-order valence-electron chi connectivity index (χ4n) is 3.43. The number of urea groups is 1. The molecule has 0 bridgehead atoms. The number of imide groups is 1. The molecule has 146 valence electrons. The van der Waals surface area contributed by atoms with E-state index in [9.17, 15) is 14.4 Å². The van der Waals surface area contributed by atoms with Gasteiger partial charge in [-0.3, -0.25) is 14.5 Å². The minimum absolute atomic E-state index is 0.349. The van der Waals surface area contributed by atoms with Crippen LogP contribution in [0.5, 0.6) is 0 Å². The van der Waals surface area contributed by atoms with Gasteiger partial charge in [-0.25, -0.2) is 4.79 Å². The summed E-state index contributed by atoms with van der Waals surface area (Å²) in [7, 11) is 0. The lowest BCUT2D eigenvalue weighted by atomic mass is 9.87. The smallest absolute Gasteiger partial charge is 0.324 e. The first kappa shape index (κ1) is 19.9. The molecule has 1 unspecified atom stereocenters. The lowest BCUT2D eigenvalue weighted by molar-refractivity contribution is -0.134. The zero-order valence-corrected chi connectivity index (χ0v) is 16.5. The first-order valence-electron chi connectivity index (χ1n) is 9.19. The summed E-state index contributed by atoms with van der Waals surface area (Å²) in [6.07, 6.45) is 1.12. The van der Waals surface area contributed by atoms with Gasteiger partial charge in [0.15, 0.2) is 0 Å². The molecule has 7 heteroatoms. The van der Waals surface area contributed by atoms with Crippen molar-refractivity contribution >= 4 is 35.1 Å². The van der Waals surface area contributed by atoms with Crippen LogP contribution in [0.25, 0.3) is 0 Å². The van der Waals surface area contributed by atoms with Crippen molar-refractivity contribution in [1.29, 1.82) is 0 Å². The summed E-state index contributed by atoms with van der Waals surface area (Å²) in [5, 5.41) is 6.09. The molecule has 28 heavy (non-hydrogen) atoms. The predicted molar refractivity (Wildman–Crippen MR) is 108 cm³/mol. The molecule has 0 saturated carbocycles. The number of anilines is 1. The van der Waals surface area contributed by atoms with Crippen LogP contribution in [0, 0.1) is 0 Å². The van der Waals surface area contributed by atoms with Crippen LogP contribution in [0.2, 0.25) is 5.02 Å². The fourth-order valence-corrected chi connectivity index (χ4v) is 3.55. The highest BCUT2D eigenvalue weighted by atomic mass is 35.5. The van der Waals surface area contributed by atoms with Crippen molar-refractivity contribution in [3.8, 4) is 0 Å². The largest absolute Gasteiger partial charge is 0.325 e. The van der Waals surface area contributed by atoms with Gasteiger partial charge >= 0.3 is 6.03 Å². The minimum Gasteiger partial charge on any atom is -0.324 e. The molecule has 0 radical (unpaired) electrons. The van der Waals surface area contributed by atoms with Gasteiger partial charge in [0.25, 0.3) is 5.91 Å². The van der Waals surface area contributed by atoms with Gasteiger partial charge in [-0.05, 0) is 42.2 Å². The van der Waals surface area contributed by atoms with Gasteiger partial charge in [0, 0.05) is 10.7 Å². The van der Waals surface area contributed by atoms with Crippen LogP contribution < -0.4 is 10.6 Å². The molecular formula is C21H22ClN3O3. The second-order valence-corrected chi connectivity index (χ2v) is 7.08. The van der Waals surface area contributed by atoms with E-state index in [2.05, 4.69) is 10.6 Å². The van der Waals surface area contributed by atoms with Crippen molar-refractivity contribution < 1.29 is 14.4 Å². The third-order valence-electron chi connectivity index (χ3n) is 5.02. The van der Waals surface area contributed by atoms with Crippen LogP contribution in [0.15, 0.2) is 48.5 Å². The van der Waals surface area contributed by atoms with E-state index in [0.29, 0.717) is 22.7 Å². The standard InChI is InChI=1S/C21H22ClN3O3/c1-3-14-7-5-6-8-17(14)23-18(26)13-25-19(27)21(4-2,24-20(25)28)15-9-11-16(22)12-10-15/h5-12H,3-4,13H2,1-2H3,(H,23,26)(H,24,28). The van der Waals surface area contributed by atoms with E-state index < -0.39 is 23.4 Å². The molecule has 3 rings (SSSR count). The molecule has 1 atom stereocenters. The van der Waals surface area contributed by atoms with Crippen LogP contribution in [0.3, 0.4) is 0 Å². The lowest BCUT2D eigenvalue weighted by Gasteiger charge is -2.25. The summed E-state index contributed by atoms with van der Waals surface area (Å²) in [6, 6.07) is 13.6. The van der Waals surface area contributed by atoms with Crippen LogP contribution in [0.4, 0.5) is 10.5 Å². The van der Waals surface area contributed by atoms with Crippen molar-refractivity contribution in [3.05, 3.63) is 64.7 Å². The van der Waals surface area contributed by atoms with Gasteiger partial charge in [0.1, 0.15) is 12.1 Å². The minimum atomic E-state index is -1.19. The summed E-state index contributed by atoms with van der Waals surface area (Å²) in [6.45, 7) is 3.45. The normalized spacial score (nSPS) is 18.9. The fraction of sp³-hybridized carbons (Fsp3) is 0.286. The number of carbonyl (C=O) groups is 3. The Bertz CT molecular complexity index is 913. The summed E-state index contributed by atoms with van der Waals surface area (Å²) in [5.74, 6) is -0.867. The number of hydrogen-bond donors (Lipinski definition) is 2. The second-order valence-electron chi connectivity index (χ2n) is 6.65. The zero-order chi connectivity index (χ0) is 20.3. The van der Waals surface area contributed by atoms with Crippen molar-refractivity contribution in [2.24, 2.45) is 0 Å². The Kier molecular flexibility index (Phi) is 5.70. The number of carbonyl (C=O) groups excluding carboxylic acids is 3. The molecule has 0 spiro atoms. The van der Waals surface area contributed by atoms with Crippen molar-refractivity contribution in [2.45, 2.75) is 32.2 Å². The molecule has 4 amide bonds. The van der Waals surface area contributed by atoms with Gasteiger partial charge in [-0.2, -0.15) is 0 Å². The number of nitrogens with one attached hydrogen (secondary N) is 2. The van der Waals surface area contributed by atoms with Gasteiger partial charge in [0.2, 0.25) is 5.91 Å². The molecule has 1 aliphatic heterocycles. The molecule has 2 aromatic rings. The van der Waals surface area contributed by atoms with E-state index in [-0.39, 0.29) is 6.54 Å². The van der Waals surface area contributed by atoms with Crippen molar-refractivity contribution in [1.82, 2.24) is 10.2 Å². The highest BCUT2D eigenvalue weighted by Gasteiger charge is 2.51. The maximum atomic E-state index is 13.1. The van der Waals surface area contributed by atoms with E-state index in [0.717, 1.165) is 16.9 Å². The number of hydrogen-bond acceptors (Lipinski definition) is 3. The number of halogens is 1. The van der Waals surface area contributed by atoms with E-state index in [4.69, 9.17) is 11.6 Å². The Balaban J connectivity index is 1.79. The van der Waals surface area contributed by atoms with Gasteiger partial charge in [-0.15, -0.1) is 0 Å². The highest BCUT2D eigenvalue weighted by Crippen LogP contribution is 2.33. The Morgan fingerprint density at radius 1 is 1.11 bits per heavy atom. The van der Waals surface area contributed by atoms with E-state index in [1.807, 2.05) is 32.0 Å². The Morgan fingerprint density at radius 2 is 1.79 bits per heavy atom. The van der Waals surface area contributed by atoms with Gasteiger partial charge in [0.05, 0.1) is 0 Å². The molecule has 1 heterocycles. The topological polar surface area (TPSA) is 78.5 Å². The third-order valence-corrected chi connectivity index (χ3v) is 5.27. The lowest BCUT2D eigenvalue weighted by Crippen LogP contribution is -2.44. The Morgan fingerprint density at radius 3 is 2.43 bits per heavy atom. The molecule has 1 aliphatic rings. The molecular weight excluding hydrogens is 378 g/mol. The quantitative estimate of drug-likeness (QED) is 0.727. The molecule has 2 aromatic carbocycles. The van der Waals surface area contributed by atoms with Crippen LogP contribution in [-0.2, 0) is 21.5 Å². The van der Waals surface area contributed by atoms with Crippen LogP contribution >= 0.6 is 11.6 Å². The van der Waals surface area contributed by atoms with Crippen LogP contribution in [-0.4, -0.2) is 29.3 Å². The molecule has 2 N–H and O–H groups in total. The van der Waals surface area contributed by atoms with Gasteiger partial charge < -0.3 is 10.6 Å². The Hall–Kier alpha value is -2.86. The average molecular weight is 400 g/mol. The molecule has 1 saturated heterocycles.